The summed E-state index contributed by atoms with van der Waals surface area (Å²) < 4.78 is 45.8. The normalized spacial score (nSPS) is 13.6. The van der Waals surface area contributed by atoms with Crippen molar-refractivity contribution in [2.75, 3.05) is 17.1 Å². The van der Waals surface area contributed by atoms with Crippen LogP contribution in [0.1, 0.15) is 5.56 Å². The molecule has 2 aromatic carbocycles. The van der Waals surface area contributed by atoms with E-state index in [2.05, 4.69) is 4.72 Å². The maximum Gasteiger partial charge on any atom is 0.262 e. The molecule has 1 heterocycles. The van der Waals surface area contributed by atoms with E-state index in [0.29, 0.717) is 18.8 Å². The van der Waals surface area contributed by atoms with Crippen LogP contribution in [0.3, 0.4) is 0 Å². The second kappa shape index (κ2) is 4.92. The van der Waals surface area contributed by atoms with E-state index in [1.54, 1.807) is 6.07 Å². The molecule has 1 aliphatic heterocycles. The Labute approximate surface area is 121 Å². The van der Waals surface area contributed by atoms with E-state index in [1.807, 2.05) is 0 Å². The molecule has 7 heteroatoms. The molecule has 0 fully saturated rings. The van der Waals surface area contributed by atoms with Crippen LogP contribution in [0, 0.1) is 5.82 Å². The van der Waals surface area contributed by atoms with Crippen LogP contribution in [-0.2, 0) is 16.4 Å². The third-order valence-corrected chi connectivity index (χ3v) is 4.57. The molecule has 0 spiro atoms. The Hall–Kier alpha value is -2.28. The summed E-state index contributed by atoms with van der Waals surface area (Å²) in [6.45, 7) is 0.538. The van der Waals surface area contributed by atoms with E-state index in [0.717, 1.165) is 11.6 Å². The Morgan fingerprint density at radius 3 is 2.81 bits per heavy atom. The topological polar surface area (TPSA) is 81.4 Å². The number of nitrogens with two attached hydrogens (primary N) is 1. The van der Waals surface area contributed by atoms with Crippen LogP contribution in [0.25, 0.3) is 0 Å². The highest BCUT2D eigenvalue weighted by molar-refractivity contribution is 7.92. The first-order valence-electron chi connectivity index (χ1n) is 6.29. The third-order valence-electron chi connectivity index (χ3n) is 3.21. The van der Waals surface area contributed by atoms with Crippen molar-refractivity contribution >= 4 is 21.4 Å². The minimum atomic E-state index is -3.88. The van der Waals surface area contributed by atoms with E-state index in [-0.39, 0.29) is 16.3 Å². The minimum Gasteiger partial charge on any atom is -0.493 e. The van der Waals surface area contributed by atoms with Crippen LogP contribution in [0.5, 0.6) is 5.75 Å². The van der Waals surface area contributed by atoms with Crippen molar-refractivity contribution in [2.24, 2.45) is 0 Å². The van der Waals surface area contributed by atoms with Gasteiger partial charge in [-0.3, -0.25) is 4.72 Å². The highest BCUT2D eigenvalue weighted by Crippen LogP contribution is 2.29. The van der Waals surface area contributed by atoms with Crippen molar-refractivity contribution in [2.45, 2.75) is 11.3 Å². The zero-order valence-electron chi connectivity index (χ0n) is 11.0. The van der Waals surface area contributed by atoms with E-state index in [4.69, 9.17) is 10.5 Å². The summed E-state index contributed by atoms with van der Waals surface area (Å²) >= 11 is 0. The molecule has 0 atom stereocenters. The molecule has 0 radical (unpaired) electrons. The number of ether oxygens (including phenoxy) is 1. The standard InChI is InChI=1S/C14H13FN2O3S/c15-12-3-1-10(16)8-13(12)17-21(18,19)11-2-4-14-9(7-11)5-6-20-14/h1-4,7-8,17H,5-6,16H2. The number of hydrogen-bond acceptors (Lipinski definition) is 4. The average Bonchev–Trinajstić information content (AvgIpc) is 2.90. The van der Waals surface area contributed by atoms with Crippen LogP contribution >= 0.6 is 0 Å². The van der Waals surface area contributed by atoms with Crippen molar-refractivity contribution < 1.29 is 17.5 Å². The first-order valence-corrected chi connectivity index (χ1v) is 7.77. The van der Waals surface area contributed by atoms with Crippen molar-refractivity contribution in [3.05, 3.63) is 47.8 Å². The SMILES string of the molecule is Nc1ccc(F)c(NS(=O)(=O)c2ccc3c(c2)CCO3)c1. The highest BCUT2D eigenvalue weighted by atomic mass is 32.2. The minimum absolute atomic E-state index is 0.0635. The molecule has 0 amide bonds. The Bertz CT molecular complexity index is 806. The number of sulfonamides is 1. The Kier molecular flexibility index (Phi) is 3.21. The summed E-state index contributed by atoms with van der Waals surface area (Å²) in [7, 11) is -3.88. The molecule has 3 N–H and O–H groups in total. The second-order valence-electron chi connectivity index (χ2n) is 4.71. The predicted octanol–water partition coefficient (Wildman–Crippen LogP) is 2.14. The van der Waals surface area contributed by atoms with Gasteiger partial charge in [0, 0.05) is 12.1 Å². The molecule has 0 bridgehead atoms. The summed E-state index contributed by atoms with van der Waals surface area (Å²) in [4.78, 5) is 0.0635. The molecule has 0 saturated heterocycles. The number of anilines is 2. The number of nitrogen functional groups attached to an aromatic ring is 1. The van der Waals surface area contributed by atoms with Crippen molar-refractivity contribution in [1.82, 2.24) is 0 Å². The van der Waals surface area contributed by atoms with Gasteiger partial charge >= 0.3 is 0 Å². The van der Waals surface area contributed by atoms with Crippen molar-refractivity contribution in [3.63, 3.8) is 0 Å². The maximum atomic E-state index is 13.6. The molecule has 21 heavy (non-hydrogen) atoms. The zero-order valence-corrected chi connectivity index (χ0v) is 11.8. The average molecular weight is 308 g/mol. The summed E-state index contributed by atoms with van der Waals surface area (Å²) in [5.74, 6) is 0.00125. The van der Waals surface area contributed by atoms with E-state index < -0.39 is 15.8 Å². The number of benzene rings is 2. The number of nitrogens with one attached hydrogen (secondary N) is 1. The number of hydrogen-bond donors (Lipinski definition) is 2. The first kappa shape index (κ1) is 13.7. The second-order valence-corrected chi connectivity index (χ2v) is 6.40. The van der Waals surface area contributed by atoms with Gasteiger partial charge in [0.05, 0.1) is 17.2 Å². The lowest BCUT2D eigenvalue weighted by Gasteiger charge is -2.10. The fraction of sp³-hybridized carbons (Fsp3) is 0.143. The van der Waals surface area contributed by atoms with Gasteiger partial charge in [-0.05, 0) is 42.0 Å². The summed E-state index contributed by atoms with van der Waals surface area (Å²) in [5, 5.41) is 0. The molecule has 0 aliphatic carbocycles. The molecule has 3 rings (SSSR count). The zero-order chi connectivity index (χ0) is 15.0. The van der Waals surface area contributed by atoms with Gasteiger partial charge in [0.2, 0.25) is 0 Å². The number of fused-ring (bicyclic) bond motifs is 1. The van der Waals surface area contributed by atoms with Crippen LogP contribution in [0.2, 0.25) is 0 Å². The van der Waals surface area contributed by atoms with Gasteiger partial charge in [-0.1, -0.05) is 0 Å². The quantitative estimate of drug-likeness (QED) is 0.851. The van der Waals surface area contributed by atoms with Gasteiger partial charge in [0.25, 0.3) is 10.0 Å². The van der Waals surface area contributed by atoms with E-state index in [1.165, 1.54) is 24.3 Å². The lowest BCUT2D eigenvalue weighted by atomic mass is 10.2. The van der Waals surface area contributed by atoms with Crippen molar-refractivity contribution in [3.8, 4) is 5.75 Å². The first-order chi connectivity index (χ1) is 9.95. The molecule has 0 aromatic heterocycles. The Balaban J connectivity index is 1.95. The molecule has 5 nitrogen and oxygen atoms in total. The number of halogens is 1. The molecular formula is C14H13FN2O3S. The van der Waals surface area contributed by atoms with Gasteiger partial charge in [-0.15, -0.1) is 0 Å². The Morgan fingerprint density at radius 1 is 1.19 bits per heavy atom. The fourth-order valence-corrected chi connectivity index (χ4v) is 3.26. The molecule has 0 unspecified atom stereocenters. The Morgan fingerprint density at radius 2 is 2.00 bits per heavy atom. The smallest absolute Gasteiger partial charge is 0.262 e. The molecule has 0 saturated carbocycles. The van der Waals surface area contributed by atoms with Gasteiger partial charge in [0.15, 0.2) is 0 Å². The predicted molar refractivity (Wildman–Crippen MR) is 77.3 cm³/mol. The molecule has 1 aliphatic rings. The molecule has 2 aromatic rings. The van der Waals surface area contributed by atoms with E-state index >= 15 is 0 Å². The fourth-order valence-electron chi connectivity index (χ4n) is 2.15. The van der Waals surface area contributed by atoms with Gasteiger partial charge in [0.1, 0.15) is 11.6 Å². The van der Waals surface area contributed by atoms with Crippen LogP contribution in [0.4, 0.5) is 15.8 Å². The van der Waals surface area contributed by atoms with Crippen LogP contribution in [0.15, 0.2) is 41.3 Å². The maximum absolute atomic E-state index is 13.6. The largest absolute Gasteiger partial charge is 0.493 e. The monoisotopic (exact) mass is 308 g/mol. The molecule has 110 valence electrons. The summed E-state index contributed by atoms with van der Waals surface area (Å²) in [6, 6.07) is 8.28. The van der Waals surface area contributed by atoms with Crippen LogP contribution in [-0.4, -0.2) is 15.0 Å². The van der Waals surface area contributed by atoms with E-state index in [9.17, 15) is 12.8 Å². The summed E-state index contributed by atoms with van der Waals surface area (Å²) in [5.41, 5.74) is 6.47. The lowest BCUT2D eigenvalue weighted by molar-refractivity contribution is 0.356. The van der Waals surface area contributed by atoms with Gasteiger partial charge < -0.3 is 10.5 Å². The lowest BCUT2D eigenvalue weighted by Crippen LogP contribution is -2.14. The van der Waals surface area contributed by atoms with Crippen LogP contribution < -0.4 is 15.2 Å². The summed E-state index contributed by atoms with van der Waals surface area (Å²) in [6.07, 6.45) is 0.658. The number of rotatable bonds is 3. The van der Waals surface area contributed by atoms with Crippen molar-refractivity contribution in [1.29, 1.82) is 0 Å². The molecular weight excluding hydrogens is 295 g/mol. The van der Waals surface area contributed by atoms with Gasteiger partial charge in [-0.25, -0.2) is 12.8 Å². The highest BCUT2D eigenvalue weighted by Gasteiger charge is 2.20. The van der Waals surface area contributed by atoms with Gasteiger partial charge in [-0.2, -0.15) is 0 Å². The third kappa shape index (κ3) is 2.64.